The van der Waals surface area contributed by atoms with Crippen molar-refractivity contribution in [3.63, 3.8) is 0 Å². The summed E-state index contributed by atoms with van der Waals surface area (Å²) in [5, 5.41) is 3.30. The maximum atomic E-state index is 3.30. The number of nitrogens with one attached hydrogen (secondary N) is 1. The summed E-state index contributed by atoms with van der Waals surface area (Å²) in [4.78, 5) is 0. The summed E-state index contributed by atoms with van der Waals surface area (Å²) >= 11 is 0. The summed E-state index contributed by atoms with van der Waals surface area (Å²) in [6, 6.07) is 20.3. The summed E-state index contributed by atoms with van der Waals surface area (Å²) in [6.45, 7) is 0. The Bertz CT molecular complexity index is 319. The Labute approximate surface area is 84.2 Å². The largest absolute Gasteiger partial charge is 0.356 e. The Balaban J connectivity index is 0.000000980. The van der Waals surface area contributed by atoms with Crippen LogP contribution in [0.3, 0.4) is 0 Å². The fourth-order valence-electron chi connectivity index (χ4n) is 1.21. The van der Waals surface area contributed by atoms with Crippen molar-refractivity contribution in [1.29, 1.82) is 0 Å². The number of hydrogen-bond acceptors (Lipinski definition) is 1. The van der Waals surface area contributed by atoms with Gasteiger partial charge in [0, 0.05) is 17.5 Å². The summed E-state index contributed by atoms with van der Waals surface area (Å²) in [7, 11) is 0. The third kappa shape index (κ3) is 2.61. The molecule has 0 spiro atoms. The van der Waals surface area contributed by atoms with Crippen molar-refractivity contribution in [2.45, 2.75) is 0 Å². The molecule has 0 bridgehead atoms. The van der Waals surface area contributed by atoms with Crippen molar-refractivity contribution < 1.29 is 0 Å². The number of rotatable bonds is 2. The molecule has 0 fully saturated rings. The molecule has 2 rings (SSSR count). The van der Waals surface area contributed by atoms with Crippen LogP contribution in [0.25, 0.3) is 0 Å². The Hall–Kier alpha value is -1.80. The van der Waals surface area contributed by atoms with Crippen molar-refractivity contribution in [3.05, 3.63) is 60.7 Å². The first-order valence-electron chi connectivity index (χ1n) is 4.32. The molecule has 2 aromatic carbocycles. The first-order valence-corrected chi connectivity index (χ1v) is 4.32. The van der Waals surface area contributed by atoms with E-state index in [4.69, 9.17) is 0 Å². The van der Waals surface area contributed by atoms with Gasteiger partial charge >= 0.3 is 0 Å². The van der Waals surface area contributed by atoms with Gasteiger partial charge in [-0.2, -0.15) is 0 Å². The molecule has 3 radical (unpaired) electrons. The lowest BCUT2D eigenvalue weighted by atomic mass is 10.3. The van der Waals surface area contributed by atoms with Gasteiger partial charge in [-0.25, -0.2) is 0 Å². The monoisotopic (exact) mass is 183 g/mol. The van der Waals surface area contributed by atoms with E-state index in [9.17, 15) is 0 Å². The van der Waals surface area contributed by atoms with Gasteiger partial charge in [-0.05, 0) is 24.3 Å². The maximum Gasteiger partial charge on any atom is 0.0384 e. The third-order valence-electron chi connectivity index (χ3n) is 1.84. The zero-order valence-corrected chi connectivity index (χ0v) is 7.72. The van der Waals surface area contributed by atoms with Crippen LogP contribution in [-0.2, 0) is 0 Å². The average molecular weight is 183 g/mol. The molecule has 69 valence electrons. The quantitative estimate of drug-likeness (QED) is 0.764. The Morgan fingerprint density at radius 3 is 1.29 bits per heavy atom. The highest BCUT2D eigenvalue weighted by molar-refractivity contribution is 5.58. The molecule has 14 heavy (non-hydrogen) atoms. The average Bonchev–Trinajstić information content (AvgIpc) is 2.21. The van der Waals surface area contributed by atoms with Crippen LogP contribution in [0.2, 0.25) is 0 Å². The molecule has 2 heteroatoms. The Kier molecular flexibility index (Phi) is 3.70. The molecule has 1 N–H and O–H groups in total. The normalized spacial score (nSPS) is 8.86. The number of benzene rings is 2. The van der Waals surface area contributed by atoms with Crippen LogP contribution in [0, 0.1) is 0 Å². The molecule has 2 nitrogen and oxygen atoms in total. The molecule has 0 saturated heterocycles. The van der Waals surface area contributed by atoms with E-state index in [-0.39, 0.29) is 6.15 Å². The second-order valence-electron chi connectivity index (χ2n) is 2.86. The van der Waals surface area contributed by atoms with E-state index < -0.39 is 0 Å². The minimum atomic E-state index is 0. The highest BCUT2D eigenvalue weighted by Gasteiger charge is 1.89. The molecule has 0 heterocycles. The number of anilines is 2. The third-order valence-corrected chi connectivity index (χ3v) is 1.84. The number of para-hydroxylation sites is 2. The van der Waals surface area contributed by atoms with Gasteiger partial charge < -0.3 is 5.32 Å². The van der Waals surface area contributed by atoms with Gasteiger partial charge in [-0.1, -0.05) is 36.4 Å². The first-order chi connectivity index (χ1) is 6.45. The van der Waals surface area contributed by atoms with Crippen molar-refractivity contribution in [1.82, 2.24) is 6.15 Å². The van der Waals surface area contributed by atoms with E-state index in [1.807, 2.05) is 60.7 Å². The van der Waals surface area contributed by atoms with Crippen LogP contribution in [0.5, 0.6) is 0 Å². The fraction of sp³-hybridized carbons (Fsp3) is 0. The maximum absolute atomic E-state index is 3.30. The smallest absolute Gasteiger partial charge is 0.0384 e. The van der Waals surface area contributed by atoms with Gasteiger partial charge in [0.25, 0.3) is 0 Å². The Morgan fingerprint density at radius 1 is 0.571 bits per heavy atom. The lowest BCUT2D eigenvalue weighted by Crippen LogP contribution is -1.87. The lowest BCUT2D eigenvalue weighted by Gasteiger charge is -2.04. The van der Waals surface area contributed by atoms with Crippen LogP contribution in [0.1, 0.15) is 0 Å². The van der Waals surface area contributed by atoms with Gasteiger partial charge in [0.15, 0.2) is 0 Å². The summed E-state index contributed by atoms with van der Waals surface area (Å²) in [5.41, 5.74) is 2.24. The summed E-state index contributed by atoms with van der Waals surface area (Å²) in [6.07, 6.45) is 0. The van der Waals surface area contributed by atoms with Crippen molar-refractivity contribution in [3.8, 4) is 0 Å². The topological polar surface area (TPSA) is 42.5 Å². The van der Waals surface area contributed by atoms with Crippen LogP contribution >= 0.6 is 0 Å². The molecular formula is C12H11N2. The minimum Gasteiger partial charge on any atom is -0.356 e. The molecule has 0 saturated carbocycles. The van der Waals surface area contributed by atoms with E-state index >= 15 is 0 Å². The van der Waals surface area contributed by atoms with Crippen molar-refractivity contribution in [2.75, 3.05) is 5.32 Å². The molecular weight excluding hydrogens is 172 g/mol. The number of hydrogen-bond donors (Lipinski definition) is 1. The highest BCUT2D eigenvalue weighted by Crippen LogP contribution is 2.14. The SMILES string of the molecule is [N].c1ccc(Nc2ccccc2)cc1. The van der Waals surface area contributed by atoms with Crippen LogP contribution in [0.4, 0.5) is 11.4 Å². The van der Waals surface area contributed by atoms with E-state index in [2.05, 4.69) is 5.32 Å². The fourth-order valence-corrected chi connectivity index (χ4v) is 1.21. The first kappa shape index (κ1) is 10.3. The van der Waals surface area contributed by atoms with E-state index in [1.165, 1.54) is 0 Å². The molecule has 0 aliphatic rings. The zero-order chi connectivity index (χ0) is 8.93. The zero-order valence-electron chi connectivity index (χ0n) is 7.72. The van der Waals surface area contributed by atoms with Crippen LogP contribution in [0.15, 0.2) is 60.7 Å². The van der Waals surface area contributed by atoms with Gasteiger partial charge in [-0.15, -0.1) is 0 Å². The predicted molar refractivity (Wildman–Crippen MR) is 58.3 cm³/mol. The van der Waals surface area contributed by atoms with Gasteiger partial charge in [0.1, 0.15) is 0 Å². The molecule has 0 aliphatic carbocycles. The lowest BCUT2D eigenvalue weighted by molar-refractivity contribution is 1.55. The van der Waals surface area contributed by atoms with Crippen molar-refractivity contribution >= 4 is 11.4 Å². The van der Waals surface area contributed by atoms with E-state index in [0.29, 0.717) is 0 Å². The molecule has 0 atom stereocenters. The molecule has 0 unspecified atom stereocenters. The van der Waals surface area contributed by atoms with Crippen LogP contribution in [-0.4, -0.2) is 0 Å². The second kappa shape index (κ2) is 5.04. The minimum absolute atomic E-state index is 0. The van der Waals surface area contributed by atoms with Crippen LogP contribution < -0.4 is 11.5 Å². The van der Waals surface area contributed by atoms with Gasteiger partial charge in [-0.3, -0.25) is 0 Å². The molecule has 0 amide bonds. The predicted octanol–water partition coefficient (Wildman–Crippen LogP) is 2.95. The summed E-state index contributed by atoms with van der Waals surface area (Å²) < 4.78 is 0. The van der Waals surface area contributed by atoms with Gasteiger partial charge in [0.2, 0.25) is 0 Å². The standard InChI is InChI=1S/C12H11N.N/c1-3-7-11(8-4-1)13-12-9-5-2-6-10-12;/h1-10,13H;. The molecule has 0 aromatic heterocycles. The Morgan fingerprint density at radius 2 is 0.929 bits per heavy atom. The highest BCUT2D eigenvalue weighted by atomic mass is 14.9. The van der Waals surface area contributed by atoms with E-state index in [0.717, 1.165) is 11.4 Å². The second-order valence-corrected chi connectivity index (χ2v) is 2.86. The molecule has 0 aliphatic heterocycles. The summed E-state index contributed by atoms with van der Waals surface area (Å²) in [5.74, 6) is 0. The number of nitrogens with zero attached hydrogens (tertiary/aromatic N) is 1. The van der Waals surface area contributed by atoms with E-state index in [1.54, 1.807) is 0 Å². The van der Waals surface area contributed by atoms with Gasteiger partial charge in [0.05, 0.1) is 0 Å². The van der Waals surface area contributed by atoms with Crippen molar-refractivity contribution in [2.24, 2.45) is 0 Å². The molecule has 2 aromatic rings.